The number of alkyl halides is 3. The van der Waals surface area contributed by atoms with Gasteiger partial charge in [-0.3, -0.25) is 0 Å². The number of aromatic nitrogens is 2. The Labute approximate surface area is 297 Å². The summed E-state index contributed by atoms with van der Waals surface area (Å²) in [5.41, 5.74) is 4.34. The number of ether oxygens (including phenoxy) is 1. The smallest absolute Gasteiger partial charge is 0.416 e. The lowest BCUT2D eigenvalue weighted by molar-refractivity contribution is -0.137. The van der Waals surface area contributed by atoms with Gasteiger partial charge in [0.15, 0.2) is 5.82 Å². The zero-order chi connectivity index (χ0) is 36.1. The van der Waals surface area contributed by atoms with Gasteiger partial charge in [0.25, 0.3) is 0 Å². The number of aryl methyl sites for hydroxylation is 1. The fraction of sp³-hybridized carbons (Fsp3) is 0.150. The lowest BCUT2D eigenvalue weighted by atomic mass is 9.96. The van der Waals surface area contributed by atoms with Crippen LogP contribution in [0.15, 0.2) is 120 Å². The first-order valence-electron chi connectivity index (χ1n) is 15.9. The maximum atomic E-state index is 13.7. The largest absolute Gasteiger partial charge is 0.507 e. The first-order chi connectivity index (χ1) is 24.4. The predicted octanol–water partition coefficient (Wildman–Crippen LogP) is 10.4. The molecule has 0 spiro atoms. The number of aromatic hydroxyl groups is 1. The first-order valence-corrected chi connectivity index (χ1v) is 16.3. The molecule has 0 saturated carbocycles. The highest BCUT2D eigenvalue weighted by Crippen LogP contribution is 2.40. The van der Waals surface area contributed by atoms with Crippen molar-refractivity contribution in [1.29, 1.82) is 0 Å². The van der Waals surface area contributed by atoms with Crippen LogP contribution in [0.1, 0.15) is 39.9 Å². The maximum Gasteiger partial charge on any atom is 0.416 e. The topological polar surface area (TPSA) is 80.4 Å². The third-order valence-corrected chi connectivity index (χ3v) is 8.62. The second-order valence-corrected chi connectivity index (χ2v) is 12.4. The molecule has 0 aliphatic rings. The monoisotopic (exact) mass is 713 g/mol. The molecule has 0 amide bonds. The van der Waals surface area contributed by atoms with Crippen LogP contribution in [0, 0.1) is 12.7 Å². The highest BCUT2D eigenvalue weighted by molar-refractivity contribution is 6.31. The van der Waals surface area contributed by atoms with E-state index in [9.17, 15) is 22.7 Å². The molecule has 2 N–H and O–H groups in total. The molecule has 1 atom stereocenters. The van der Waals surface area contributed by atoms with Gasteiger partial charge in [0.05, 0.1) is 16.5 Å². The molecule has 260 valence electrons. The standard InChI is InChI=1S/C40H32ClF4N3O3/c1-24(46-22-31(39-47-25(2)48-51-39)18-26-8-10-28(11-9-26)30-14-17-36(42)35(41)19-30)33-20-34(29-12-15-32(16-13-29)40(43,44)45)38(21-37(33)49)50-23-27-6-4-3-5-7-27/h3-17,19-21,31,46,49H,1,18,22-23H2,2H3. The number of hydrogen-bond acceptors (Lipinski definition) is 6. The molecule has 0 aliphatic carbocycles. The molecule has 6 aromatic rings. The molecule has 0 saturated heterocycles. The quantitative estimate of drug-likeness (QED) is 0.123. The van der Waals surface area contributed by atoms with Crippen molar-refractivity contribution in [2.75, 3.05) is 6.54 Å². The Morgan fingerprint density at radius 3 is 2.24 bits per heavy atom. The molecule has 11 heteroatoms. The molecule has 6 nitrogen and oxygen atoms in total. The van der Waals surface area contributed by atoms with Gasteiger partial charge in [-0.25, -0.2) is 4.39 Å². The van der Waals surface area contributed by atoms with E-state index in [4.69, 9.17) is 20.9 Å². The lowest BCUT2D eigenvalue weighted by Gasteiger charge is -2.19. The van der Waals surface area contributed by atoms with Crippen LogP contribution in [0.2, 0.25) is 5.02 Å². The molecule has 0 bridgehead atoms. The van der Waals surface area contributed by atoms with E-state index in [-0.39, 0.29) is 29.8 Å². The number of benzene rings is 5. The fourth-order valence-corrected chi connectivity index (χ4v) is 5.77. The van der Waals surface area contributed by atoms with E-state index in [1.165, 1.54) is 24.3 Å². The van der Waals surface area contributed by atoms with Crippen molar-refractivity contribution in [2.45, 2.75) is 32.0 Å². The van der Waals surface area contributed by atoms with Gasteiger partial charge in [0.1, 0.15) is 23.9 Å². The molecule has 0 aliphatic heterocycles. The number of nitrogens with one attached hydrogen (secondary N) is 1. The average molecular weight is 714 g/mol. The van der Waals surface area contributed by atoms with Gasteiger partial charge in [-0.2, -0.15) is 18.2 Å². The minimum absolute atomic E-state index is 0.0431. The summed E-state index contributed by atoms with van der Waals surface area (Å²) in [6.07, 6.45) is -3.99. The van der Waals surface area contributed by atoms with Gasteiger partial charge >= 0.3 is 6.18 Å². The molecular formula is C40H32ClF4N3O3. The Hall–Kier alpha value is -5.61. The first kappa shape index (κ1) is 35.2. The summed E-state index contributed by atoms with van der Waals surface area (Å²) in [6.45, 7) is 6.35. The average Bonchev–Trinajstić information content (AvgIpc) is 3.56. The van der Waals surface area contributed by atoms with E-state index in [1.54, 1.807) is 25.1 Å². The van der Waals surface area contributed by atoms with Crippen molar-refractivity contribution in [2.24, 2.45) is 0 Å². The zero-order valence-corrected chi connectivity index (χ0v) is 28.1. The second kappa shape index (κ2) is 15.1. The number of rotatable bonds is 12. The number of nitrogens with zero attached hydrogens (tertiary/aromatic N) is 2. The number of halogens is 5. The Kier molecular flexibility index (Phi) is 10.4. The van der Waals surface area contributed by atoms with Crippen LogP contribution in [0.4, 0.5) is 17.6 Å². The third-order valence-electron chi connectivity index (χ3n) is 8.33. The summed E-state index contributed by atoms with van der Waals surface area (Å²) in [5.74, 6) is 0.245. The Bertz CT molecular complexity index is 2130. The van der Waals surface area contributed by atoms with Gasteiger partial charge < -0.3 is 19.7 Å². The van der Waals surface area contributed by atoms with Gasteiger partial charge in [0.2, 0.25) is 5.89 Å². The molecule has 5 aromatic carbocycles. The third kappa shape index (κ3) is 8.59. The van der Waals surface area contributed by atoms with E-state index in [1.807, 2.05) is 54.6 Å². The van der Waals surface area contributed by atoms with Crippen LogP contribution in [-0.2, 0) is 19.2 Å². The summed E-state index contributed by atoms with van der Waals surface area (Å²) in [7, 11) is 0. The van der Waals surface area contributed by atoms with E-state index < -0.39 is 17.6 Å². The van der Waals surface area contributed by atoms with Gasteiger partial charge in [0, 0.05) is 29.4 Å². The molecule has 1 aromatic heterocycles. The summed E-state index contributed by atoms with van der Waals surface area (Å²) < 4.78 is 65.3. The van der Waals surface area contributed by atoms with Crippen molar-refractivity contribution in [3.05, 3.63) is 161 Å². The number of hydrogen-bond donors (Lipinski definition) is 2. The van der Waals surface area contributed by atoms with Crippen molar-refractivity contribution < 1.29 is 31.9 Å². The van der Waals surface area contributed by atoms with Crippen molar-refractivity contribution >= 4 is 17.3 Å². The van der Waals surface area contributed by atoms with E-state index in [2.05, 4.69) is 22.0 Å². The molecule has 1 unspecified atom stereocenters. The summed E-state index contributed by atoms with van der Waals surface area (Å²) >= 11 is 5.98. The van der Waals surface area contributed by atoms with E-state index >= 15 is 0 Å². The SMILES string of the molecule is C=C(NCC(Cc1ccc(-c2ccc(F)c(Cl)c2)cc1)c1nc(C)no1)c1cc(-c2ccc(C(F)(F)F)cc2)c(OCc2ccccc2)cc1O. The normalized spacial score (nSPS) is 12.0. The van der Waals surface area contributed by atoms with Crippen molar-refractivity contribution in [1.82, 2.24) is 15.5 Å². The van der Waals surface area contributed by atoms with Crippen LogP contribution >= 0.6 is 11.6 Å². The van der Waals surface area contributed by atoms with Crippen LogP contribution in [0.3, 0.4) is 0 Å². The molecule has 6 rings (SSSR count). The van der Waals surface area contributed by atoms with Crippen LogP contribution in [0.25, 0.3) is 28.0 Å². The summed E-state index contributed by atoms with van der Waals surface area (Å²) in [5, 5.41) is 18.4. The Morgan fingerprint density at radius 1 is 0.902 bits per heavy atom. The number of phenols is 1. The Morgan fingerprint density at radius 2 is 1.59 bits per heavy atom. The van der Waals surface area contributed by atoms with Gasteiger partial charge in [-0.1, -0.05) is 96.1 Å². The van der Waals surface area contributed by atoms with Crippen LogP contribution in [-0.4, -0.2) is 21.8 Å². The Balaban J connectivity index is 1.24. The van der Waals surface area contributed by atoms with Crippen molar-refractivity contribution in [3.8, 4) is 33.8 Å². The molecular weight excluding hydrogens is 682 g/mol. The minimum Gasteiger partial charge on any atom is -0.507 e. The zero-order valence-electron chi connectivity index (χ0n) is 27.3. The highest BCUT2D eigenvalue weighted by Gasteiger charge is 2.30. The fourth-order valence-electron chi connectivity index (χ4n) is 5.59. The summed E-state index contributed by atoms with van der Waals surface area (Å²) in [4.78, 5) is 4.45. The molecule has 0 radical (unpaired) electrons. The van der Waals surface area contributed by atoms with E-state index in [0.29, 0.717) is 46.3 Å². The molecule has 0 fully saturated rings. The van der Waals surface area contributed by atoms with Crippen molar-refractivity contribution in [3.63, 3.8) is 0 Å². The van der Waals surface area contributed by atoms with Crippen LogP contribution < -0.4 is 10.1 Å². The molecule has 51 heavy (non-hydrogen) atoms. The highest BCUT2D eigenvalue weighted by atomic mass is 35.5. The van der Waals surface area contributed by atoms with Crippen LogP contribution in [0.5, 0.6) is 11.5 Å². The van der Waals surface area contributed by atoms with E-state index in [0.717, 1.165) is 34.4 Å². The van der Waals surface area contributed by atoms with Gasteiger partial charge in [-0.15, -0.1) is 0 Å². The number of phenolic OH excluding ortho intramolecular Hbond substituents is 1. The second-order valence-electron chi connectivity index (χ2n) is 12.0. The minimum atomic E-state index is -4.49. The predicted molar refractivity (Wildman–Crippen MR) is 189 cm³/mol. The summed E-state index contributed by atoms with van der Waals surface area (Å²) in [6, 6.07) is 29.5. The lowest BCUT2D eigenvalue weighted by Crippen LogP contribution is -2.22. The van der Waals surface area contributed by atoms with Gasteiger partial charge in [-0.05, 0) is 71.5 Å². The molecule has 1 heterocycles. The maximum absolute atomic E-state index is 13.7.